The van der Waals surface area contributed by atoms with Crippen molar-refractivity contribution in [1.29, 1.82) is 0 Å². The maximum absolute atomic E-state index is 12.8. The molecule has 6 heteroatoms. The van der Waals surface area contributed by atoms with E-state index in [1.807, 2.05) is 37.1 Å². The first-order valence-electron chi connectivity index (χ1n) is 8.60. The summed E-state index contributed by atoms with van der Waals surface area (Å²) in [6.07, 6.45) is 2.04. The molecule has 0 spiro atoms. The second-order valence-electron chi connectivity index (χ2n) is 6.54. The molecular weight excluding hydrogens is 322 g/mol. The minimum absolute atomic E-state index is 0.00242. The average Bonchev–Trinajstić information content (AvgIpc) is 2.61. The van der Waals surface area contributed by atoms with Crippen LogP contribution in [0.5, 0.6) is 0 Å². The smallest absolute Gasteiger partial charge is 0.253 e. The van der Waals surface area contributed by atoms with Crippen LogP contribution >= 0.6 is 11.8 Å². The number of anilines is 1. The number of fused-ring (bicyclic) bond motifs is 1. The van der Waals surface area contributed by atoms with Crippen molar-refractivity contribution < 1.29 is 9.59 Å². The molecule has 130 valence electrons. The molecular formula is C18H25N3O2S. The Morgan fingerprint density at radius 3 is 2.75 bits per heavy atom. The summed E-state index contributed by atoms with van der Waals surface area (Å²) in [5.74, 6) is 0.0306. The number of amides is 2. The molecule has 1 fully saturated rings. The number of piperidine rings is 1. The second-order valence-corrected chi connectivity index (χ2v) is 7.92. The fraction of sp³-hybridized carbons (Fsp3) is 0.556. The molecule has 5 nitrogen and oxygen atoms in total. The highest BCUT2D eigenvalue weighted by Crippen LogP contribution is 2.36. The van der Waals surface area contributed by atoms with Crippen LogP contribution in [0.2, 0.25) is 0 Å². The molecule has 24 heavy (non-hydrogen) atoms. The quantitative estimate of drug-likeness (QED) is 0.913. The van der Waals surface area contributed by atoms with Crippen molar-refractivity contribution in [2.75, 3.05) is 32.0 Å². The summed E-state index contributed by atoms with van der Waals surface area (Å²) in [6, 6.07) is 5.92. The first kappa shape index (κ1) is 17.3. The van der Waals surface area contributed by atoms with E-state index in [0.717, 1.165) is 43.1 Å². The number of carbonyl (C=O) groups excluding carboxylic acids is 2. The van der Waals surface area contributed by atoms with E-state index in [9.17, 15) is 9.59 Å². The van der Waals surface area contributed by atoms with Gasteiger partial charge < -0.3 is 15.1 Å². The van der Waals surface area contributed by atoms with Crippen LogP contribution in [0.1, 0.15) is 37.0 Å². The van der Waals surface area contributed by atoms with Gasteiger partial charge in [-0.2, -0.15) is 0 Å². The summed E-state index contributed by atoms with van der Waals surface area (Å²) < 4.78 is 0. The maximum Gasteiger partial charge on any atom is 0.253 e. The number of likely N-dealkylation sites (tertiary alicyclic amines) is 1. The number of thioether (sulfide) groups is 1. The van der Waals surface area contributed by atoms with Gasteiger partial charge in [-0.3, -0.25) is 9.59 Å². The minimum Gasteiger partial charge on any atom is -0.339 e. The molecule has 1 aromatic carbocycles. The number of nitrogens with zero attached hydrogens (tertiary/aromatic N) is 2. The third-order valence-electron chi connectivity index (χ3n) is 5.03. The van der Waals surface area contributed by atoms with E-state index in [4.69, 9.17) is 0 Å². The zero-order chi connectivity index (χ0) is 17.3. The van der Waals surface area contributed by atoms with E-state index in [1.165, 1.54) is 11.8 Å². The Kier molecular flexibility index (Phi) is 5.15. The van der Waals surface area contributed by atoms with E-state index in [1.54, 1.807) is 0 Å². The average molecular weight is 347 g/mol. The molecule has 0 aliphatic carbocycles. The lowest BCUT2D eigenvalue weighted by Crippen LogP contribution is -2.45. The molecule has 0 bridgehead atoms. The molecule has 0 aromatic heterocycles. The van der Waals surface area contributed by atoms with Gasteiger partial charge in [0.15, 0.2) is 0 Å². The van der Waals surface area contributed by atoms with Gasteiger partial charge in [0.1, 0.15) is 0 Å². The number of carbonyl (C=O) groups is 2. The molecule has 0 saturated carbocycles. The summed E-state index contributed by atoms with van der Waals surface area (Å²) in [5, 5.41) is 2.81. The summed E-state index contributed by atoms with van der Waals surface area (Å²) >= 11 is 1.54. The molecule has 1 unspecified atom stereocenters. The number of hydrogen-bond donors (Lipinski definition) is 1. The standard InChI is InChI=1S/C18H25N3O2S/c1-4-21-9-7-14(8-10-21)20(3)18(23)13-5-6-16-15(11-13)19-17(22)12(2)24-16/h5-6,11-12,14H,4,7-10H2,1-3H3,(H,19,22). The first-order valence-corrected chi connectivity index (χ1v) is 9.48. The lowest BCUT2D eigenvalue weighted by Gasteiger charge is -2.36. The molecule has 1 saturated heterocycles. The first-order chi connectivity index (χ1) is 11.5. The Labute approximate surface area is 147 Å². The molecule has 1 aromatic rings. The molecule has 1 N–H and O–H groups in total. The maximum atomic E-state index is 12.8. The van der Waals surface area contributed by atoms with Crippen molar-refractivity contribution >= 4 is 29.3 Å². The fourth-order valence-electron chi connectivity index (χ4n) is 3.33. The monoisotopic (exact) mass is 347 g/mol. The highest BCUT2D eigenvalue weighted by Gasteiger charge is 2.27. The van der Waals surface area contributed by atoms with E-state index in [-0.39, 0.29) is 17.1 Å². The number of benzene rings is 1. The largest absolute Gasteiger partial charge is 0.339 e. The number of nitrogens with one attached hydrogen (secondary N) is 1. The third-order valence-corrected chi connectivity index (χ3v) is 6.21. The van der Waals surface area contributed by atoms with Gasteiger partial charge in [0.2, 0.25) is 5.91 Å². The van der Waals surface area contributed by atoms with E-state index in [2.05, 4.69) is 17.1 Å². The third kappa shape index (κ3) is 3.44. The second kappa shape index (κ2) is 7.15. The summed E-state index contributed by atoms with van der Waals surface area (Å²) in [5.41, 5.74) is 1.40. The predicted molar refractivity (Wildman–Crippen MR) is 97.6 cm³/mol. The zero-order valence-electron chi connectivity index (χ0n) is 14.5. The fourth-order valence-corrected chi connectivity index (χ4v) is 4.26. The van der Waals surface area contributed by atoms with Gasteiger partial charge in [-0.1, -0.05) is 6.92 Å². The Bertz CT molecular complexity index is 641. The highest BCUT2D eigenvalue weighted by atomic mass is 32.2. The molecule has 2 aliphatic rings. The van der Waals surface area contributed by atoms with Crippen LogP contribution in [0.25, 0.3) is 0 Å². The van der Waals surface area contributed by atoms with Crippen LogP contribution in [0.3, 0.4) is 0 Å². The Hall–Kier alpha value is -1.53. The van der Waals surface area contributed by atoms with Gasteiger partial charge in [0.05, 0.1) is 10.9 Å². The SMILES string of the molecule is CCN1CCC(N(C)C(=O)c2ccc3c(c2)NC(=O)C(C)S3)CC1. The van der Waals surface area contributed by atoms with Crippen LogP contribution in [0, 0.1) is 0 Å². The minimum atomic E-state index is -0.0922. The molecule has 3 rings (SSSR count). The van der Waals surface area contributed by atoms with Crippen LogP contribution in [0.15, 0.2) is 23.1 Å². The zero-order valence-corrected chi connectivity index (χ0v) is 15.4. The van der Waals surface area contributed by atoms with Crippen molar-refractivity contribution in [3.63, 3.8) is 0 Å². The van der Waals surface area contributed by atoms with Gasteiger partial charge in [-0.05, 0) is 44.5 Å². The van der Waals surface area contributed by atoms with E-state index in [0.29, 0.717) is 11.6 Å². The van der Waals surface area contributed by atoms with Crippen LogP contribution < -0.4 is 5.32 Å². The Balaban J connectivity index is 1.71. The molecule has 2 aliphatic heterocycles. The van der Waals surface area contributed by atoms with Gasteiger partial charge >= 0.3 is 0 Å². The van der Waals surface area contributed by atoms with Crippen LogP contribution in [-0.4, -0.2) is 59.6 Å². The van der Waals surface area contributed by atoms with E-state index < -0.39 is 0 Å². The van der Waals surface area contributed by atoms with Crippen molar-refractivity contribution in [3.05, 3.63) is 23.8 Å². The molecule has 0 radical (unpaired) electrons. The van der Waals surface area contributed by atoms with Crippen molar-refractivity contribution in [1.82, 2.24) is 9.80 Å². The van der Waals surface area contributed by atoms with Crippen molar-refractivity contribution in [2.24, 2.45) is 0 Å². The normalized spacial score (nSPS) is 22.0. The topological polar surface area (TPSA) is 52.6 Å². The Morgan fingerprint density at radius 2 is 2.08 bits per heavy atom. The summed E-state index contributed by atoms with van der Waals surface area (Å²) in [6.45, 7) is 7.24. The lowest BCUT2D eigenvalue weighted by atomic mass is 10.0. The van der Waals surface area contributed by atoms with Gasteiger partial charge in [0.25, 0.3) is 5.91 Å². The molecule has 1 atom stereocenters. The van der Waals surface area contributed by atoms with Crippen LogP contribution in [-0.2, 0) is 4.79 Å². The van der Waals surface area contributed by atoms with Gasteiger partial charge in [-0.25, -0.2) is 0 Å². The molecule has 2 heterocycles. The summed E-state index contributed by atoms with van der Waals surface area (Å²) in [7, 11) is 1.89. The summed E-state index contributed by atoms with van der Waals surface area (Å²) in [4.78, 5) is 30.0. The van der Waals surface area contributed by atoms with Gasteiger partial charge in [-0.15, -0.1) is 11.8 Å². The lowest BCUT2D eigenvalue weighted by molar-refractivity contribution is -0.115. The Morgan fingerprint density at radius 1 is 1.38 bits per heavy atom. The van der Waals surface area contributed by atoms with Crippen LogP contribution in [0.4, 0.5) is 5.69 Å². The van der Waals surface area contributed by atoms with Gasteiger partial charge in [0, 0.05) is 36.6 Å². The highest BCUT2D eigenvalue weighted by molar-refractivity contribution is 8.00. The van der Waals surface area contributed by atoms with E-state index >= 15 is 0 Å². The number of rotatable bonds is 3. The van der Waals surface area contributed by atoms with Crippen molar-refractivity contribution in [2.45, 2.75) is 42.9 Å². The number of hydrogen-bond acceptors (Lipinski definition) is 4. The molecule has 2 amide bonds. The predicted octanol–water partition coefficient (Wildman–Crippen LogP) is 2.68. The van der Waals surface area contributed by atoms with Crippen molar-refractivity contribution in [3.8, 4) is 0 Å².